The molecule has 2 N–H and O–H groups in total. The molecular formula is C12H21N3O2. The molecule has 0 aromatic rings. The van der Waals surface area contributed by atoms with E-state index in [2.05, 4.69) is 23.8 Å². The fraction of sp³-hybridized carbons (Fsp3) is 0.500. The Bertz CT molecular complexity index is 269. The van der Waals surface area contributed by atoms with Gasteiger partial charge in [-0.2, -0.15) is 0 Å². The van der Waals surface area contributed by atoms with Crippen LogP contribution >= 0.6 is 0 Å². The van der Waals surface area contributed by atoms with Gasteiger partial charge in [0.05, 0.1) is 0 Å². The van der Waals surface area contributed by atoms with E-state index in [1.165, 1.54) is 11.1 Å². The fourth-order valence-electron chi connectivity index (χ4n) is 1.11. The van der Waals surface area contributed by atoms with Gasteiger partial charge in [-0.1, -0.05) is 20.1 Å². The van der Waals surface area contributed by atoms with Crippen LogP contribution in [0.1, 0.15) is 19.8 Å². The van der Waals surface area contributed by atoms with Gasteiger partial charge in [0.1, 0.15) is 0 Å². The molecule has 0 heterocycles. The van der Waals surface area contributed by atoms with Crippen molar-refractivity contribution in [1.29, 1.82) is 0 Å². The largest absolute Gasteiger partial charge is 0.387 e. The maximum absolute atomic E-state index is 10.9. The predicted octanol–water partition coefficient (Wildman–Crippen LogP) is 0.608. The first-order chi connectivity index (χ1) is 8.13. The monoisotopic (exact) mass is 239 g/mol. The minimum Gasteiger partial charge on any atom is -0.387 e. The fourth-order valence-corrected chi connectivity index (χ4v) is 1.11. The number of hydrogen-bond acceptors (Lipinski definition) is 3. The molecule has 17 heavy (non-hydrogen) atoms. The number of amides is 2. The van der Waals surface area contributed by atoms with Gasteiger partial charge in [0.25, 0.3) is 0 Å². The number of nitrogens with zero attached hydrogens (tertiary/aromatic N) is 1. The first-order valence-electron chi connectivity index (χ1n) is 5.66. The summed E-state index contributed by atoms with van der Waals surface area (Å²) in [5.74, 6) is 0.0381. The van der Waals surface area contributed by atoms with E-state index in [-0.39, 0.29) is 5.91 Å². The van der Waals surface area contributed by atoms with Crippen LogP contribution in [0.2, 0.25) is 0 Å². The Morgan fingerprint density at radius 2 is 2.00 bits per heavy atom. The van der Waals surface area contributed by atoms with Crippen molar-refractivity contribution in [3.8, 4) is 0 Å². The maximum atomic E-state index is 10.9. The van der Waals surface area contributed by atoms with Gasteiger partial charge in [0.15, 0.2) is 0 Å². The molecule has 0 aliphatic heterocycles. The Hall–Kier alpha value is -1.78. The Morgan fingerprint density at radius 1 is 1.35 bits per heavy atom. The second-order valence-electron chi connectivity index (χ2n) is 3.51. The normalized spacial score (nSPS) is 9.24. The van der Waals surface area contributed by atoms with E-state index in [4.69, 9.17) is 0 Å². The summed E-state index contributed by atoms with van der Waals surface area (Å²) in [6, 6.07) is 0. The molecule has 0 unspecified atom stereocenters. The molecule has 0 fully saturated rings. The van der Waals surface area contributed by atoms with Crippen molar-refractivity contribution in [2.24, 2.45) is 0 Å². The highest BCUT2D eigenvalue weighted by atomic mass is 16.1. The van der Waals surface area contributed by atoms with E-state index in [1.807, 2.05) is 6.92 Å². The van der Waals surface area contributed by atoms with Crippen LogP contribution in [0.5, 0.6) is 0 Å². The third-order valence-corrected chi connectivity index (χ3v) is 2.18. The number of rotatable bonds is 10. The summed E-state index contributed by atoms with van der Waals surface area (Å²) in [7, 11) is 0. The van der Waals surface area contributed by atoms with Crippen molar-refractivity contribution in [2.45, 2.75) is 19.8 Å². The minimum atomic E-state index is 0.0381. The minimum absolute atomic E-state index is 0.0381. The Balaban J connectivity index is 3.56. The molecule has 0 rings (SSSR count). The van der Waals surface area contributed by atoms with Gasteiger partial charge in [-0.3, -0.25) is 9.59 Å². The average Bonchev–Trinajstić information content (AvgIpc) is 2.35. The Kier molecular flexibility index (Phi) is 8.46. The lowest BCUT2D eigenvalue weighted by Gasteiger charge is -2.14. The van der Waals surface area contributed by atoms with Crippen LogP contribution in [0.25, 0.3) is 0 Å². The first kappa shape index (κ1) is 15.2. The molecule has 0 aromatic heterocycles. The van der Waals surface area contributed by atoms with Crippen LogP contribution in [-0.4, -0.2) is 36.9 Å². The van der Waals surface area contributed by atoms with Crippen molar-refractivity contribution < 1.29 is 9.59 Å². The summed E-state index contributed by atoms with van der Waals surface area (Å²) in [6.45, 7) is 10.9. The Morgan fingerprint density at radius 3 is 2.53 bits per heavy atom. The Labute approximate surface area is 103 Å². The zero-order chi connectivity index (χ0) is 13.1. The summed E-state index contributed by atoms with van der Waals surface area (Å²) >= 11 is 0. The lowest BCUT2D eigenvalue weighted by molar-refractivity contribution is -0.120. The van der Waals surface area contributed by atoms with Gasteiger partial charge in [0.2, 0.25) is 12.3 Å². The molecule has 0 aliphatic carbocycles. The van der Waals surface area contributed by atoms with Crippen LogP contribution in [0.3, 0.4) is 0 Å². The highest BCUT2D eigenvalue weighted by molar-refractivity contribution is 5.75. The molecule has 0 bridgehead atoms. The molecule has 2 amide bonds. The van der Waals surface area contributed by atoms with E-state index in [0.29, 0.717) is 32.5 Å². The predicted molar refractivity (Wildman–Crippen MR) is 68.0 cm³/mol. The van der Waals surface area contributed by atoms with Crippen molar-refractivity contribution in [2.75, 3.05) is 19.6 Å². The molecule has 0 saturated heterocycles. The number of carbonyl (C=O) groups excluding carboxylic acids is 2. The first-order valence-corrected chi connectivity index (χ1v) is 5.66. The lowest BCUT2D eigenvalue weighted by Crippen LogP contribution is -2.31. The summed E-state index contributed by atoms with van der Waals surface area (Å²) in [5.41, 5.74) is 0.837. The number of carbonyl (C=O) groups is 2. The van der Waals surface area contributed by atoms with Crippen LogP contribution in [0.15, 0.2) is 25.1 Å². The molecule has 0 atom stereocenters. The summed E-state index contributed by atoms with van der Waals surface area (Å²) in [5, 5.41) is 5.83. The van der Waals surface area contributed by atoms with Gasteiger partial charge >= 0.3 is 0 Å². The maximum Gasteiger partial charge on any atom is 0.219 e. The third kappa shape index (κ3) is 8.07. The quantitative estimate of drug-likeness (QED) is 0.434. The zero-order valence-electron chi connectivity index (χ0n) is 10.4. The van der Waals surface area contributed by atoms with Crippen molar-refractivity contribution >= 4 is 12.3 Å². The number of hydrogen-bond donors (Lipinski definition) is 2. The standard InChI is InChI=1S/C12H21N3O2/c1-4-12(17)14-8-7-13-11(3)6-9-15(5-2)10-16/h5,10,13H,2-4,6-9H2,1H3,(H,14,17). The van der Waals surface area contributed by atoms with Gasteiger partial charge in [-0.25, -0.2) is 0 Å². The second kappa shape index (κ2) is 9.45. The van der Waals surface area contributed by atoms with Crippen LogP contribution < -0.4 is 10.6 Å². The highest BCUT2D eigenvalue weighted by Crippen LogP contribution is 1.95. The lowest BCUT2D eigenvalue weighted by atomic mass is 10.3. The van der Waals surface area contributed by atoms with Gasteiger partial charge in [-0.05, 0) is 6.20 Å². The molecule has 96 valence electrons. The zero-order valence-corrected chi connectivity index (χ0v) is 10.4. The smallest absolute Gasteiger partial charge is 0.219 e. The second-order valence-corrected chi connectivity index (χ2v) is 3.51. The van der Waals surface area contributed by atoms with Crippen molar-refractivity contribution in [1.82, 2.24) is 15.5 Å². The van der Waals surface area contributed by atoms with E-state index < -0.39 is 0 Å². The van der Waals surface area contributed by atoms with Gasteiger partial charge < -0.3 is 15.5 Å². The molecule has 5 heteroatoms. The molecule has 0 spiro atoms. The third-order valence-electron chi connectivity index (χ3n) is 2.18. The van der Waals surface area contributed by atoms with E-state index in [0.717, 1.165) is 12.1 Å². The van der Waals surface area contributed by atoms with Crippen LogP contribution in [-0.2, 0) is 9.59 Å². The van der Waals surface area contributed by atoms with E-state index in [9.17, 15) is 9.59 Å². The van der Waals surface area contributed by atoms with Crippen molar-refractivity contribution in [3.63, 3.8) is 0 Å². The van der Waals surface area contributed by atoms with Gasteiger partial charge in [0, 0.05) is 38.2 Å². The van der Waals surface area contributed by atoms with Crippen LogP contribution in [0, 0.1) is 0 Å². The van der Waals surface area contributed by atoms with Gasteiger partial charge in [-0.15, -0.1) is 0 Å². The number of nitrogens with one attached hydrogen (secondary N) is 2. The average molecular weight is 239 g/mol. The SMILES string of the molecule is C=CN(C=O)CCC(=C)NCCNC(=O)CC. The summed E-state index contributed by atoms with van der Waals surface area (Å²) < 4.78 is 0. The van der Waals surface area contributed by atoms with Crippen molar-refractivity contribution in [3.05, 3.63) is 25.1 Å². The molecular weight excluding hydrogens is 218 g/mol. The topological polar surface area (TPSA) is 61.4 Å². The molecule has 0 radical (unpaired) electrons. The molecule has 5 nitrogen and oxygen atoms in total. The molecule has 0 saturated carbocycles. The molecule has 0 aliphatic rings. The highest BCUT2D eigenvalue weighted by Gasteiger charge is 1.99. The molecule has 0 aromatic carbocycles. The van der Waals surface area contributed by atoms with E-state index in [1.54, 1.807) is 0 Å². The summed E-state index contributed by atoms with van der Waals surface area (Å²) in [6.07, 6.45) is 3.35. The summed E-state index contributed by atoms with van der Waals surface area (Å²) in [4.78, 5) is 22.9. The van der Waals surface area contributed by atoms with Crippen LogP contribution in [0.4, 0.5) is 0 Å². The van der Waals surface area contributed by atoms with E-state index >= 15 is 0 Å².